The second kappa shape index (κ2) is 10.9. The molecule has 1 aliphatic heterocycles. The molecule has 0 aromatic heterocycles. The maximum atomic E-state index is 7.33. The van der Waals surface area contributed by atoms with Crippen LogP contribution in [-0.2, 0) is 10.8 Å². The summed E-state index contributed by atoms with van der Waals surface area (Å²) in [7, 11) is 0. The number of nitrogens with zero attached hydrogens (tertiary/aromatic N) is 1. The van der Waals surface area contributed by atoms with Gasteiger partial charge in [0, 0.05) is 22.4 Å². The Morgan fingerprint density at radius 1 is 0.382 bits per heavy atom. The van der Waals surface area contributed by atoms with E-state index >= 15 is 0 Å². The lowest BCUT2D eigenvalue weighted by molar-refractivity contribution is 0.361. The molecule has 1 heterocycles. The molecule has 8 aromatic rings. The van der Waals surface area contributed by atoms with E-state index in [4.69, 9.17) is 9.47 Å². The van der Waals surface area contributed by atoms with Gasteiger partial charge in [-0.1, -0.05) is 147 Å². The molecule has 0 bridgehead atoms. The molecular formula is C52H35NO2. The van der Waals surface area contributed by atoms with Gasteiger partial charge in [-0.25, -0.2) is 0 Å². The molecule has 0 radical (unpaired) electrons. The highest BCUT2D eigenvalue weighted by Gasteiger charge is 2.53. The van der Waals surface area contributed by atoms with Gasteiger partial charge >= 0.3 is 0 Å². The molecule has 0 fully saturated rings. The first-order valence-electron chi connectivity index (χ1n) is 19.1. The van der Waals surface area contributed by atoms with Crippen molar-refractivity contribution in [2.24, 2.45) is 0 Å². The van der Waals surface area contributed by atoms with Crippen LogP contribution in [0.4, 0.5) is 17.1 Å². The molecule has 1 spiro atoms. The monoisotopic (exact) mass is 705 g/mol. The molecule has 8 aromatic carbocycles. The Hall–Kier alpha value is -6.84. The van der Waals surface area contributed by atoms with E-state index in [1.165, 1.54) is 61.2 Å². The van der Waals surface area contributed by atoms with Crippen molar-refractivity contribution < 1.29 is 9.47 Å². The highest BCUT2D eigenvalue weighted by molar-refractivity contribution is 5.98. The molecule has 0 N–H and O–H groups in total. The smallest absolute Gasteiger partial charge is 0.194 e. The van der Waals surface area contributed by atoms with E-state index in [1.807, 2.05) is 6.07 Å². The van der Waals surface area contributed by atoms with E-state index in [0.29, 0.717) is 11.5 Å². The normalized spacial score (nSPS) is 14.9. The Morgan fingerprint density at radius 3 is 1.64 bits per heavy atom. The molecule has 4 aliphatic rings. The quantitative estimate of drug-likeness (QED) is 0.183. The van der Waals surface area contributed by atoms with Crippen molar-refractivity contribution in [2.45, 2.75) is 24.7 Å². The lowest BCUT2D eigenvalue weighted by Crippen LogP contribution is -2.25. The van der Waals surface area contributed by atoms with E-state index in [1.54, 1.807) is 0 Å². The van der Waals surface area contributed by atoms with Crippen molar-refractivity contribution in [3.05, 3.63) is 209 Å². The molecule has 260 valence electrons. The molecule has 3 heteroatoms. The third kappa shape index (κ3) is 3.89. The average molecular weight is 706 g/mol. The largest absolute Gasteiger partial charge is 0.449 e. The van der Waals surface area contributed by atoms with Crippen LogP contribution < -0.4 is 14.4 Å². The number of hydrogen-bond acceptors (Lipinski definition) is 3. The van der Waals surface area contributed by atoms with Crippen LogP contribution in [0.2, 0.25) is 0 Å². The highest BCUT2D eigenvalue weighted by atomic mass is 16.6. The molecular weight excluding hydrogens is 671 g/mol. The van der Waals surface area contributed by atoms with Crippen molar-refractivity contribution in [3.63, 3.8) is 0 Å². The number of anilines is 3. The maximum absolute atomic E-state index is 7.33. The minimum atomic E-state index is -0.470. The van der Waals surface area contributed by atoms with Gasteiger partial charge < -0.3 is 14.4 Å². The van der Waals surface area contributed by atoms with Gasteiger partial charge in [-0.3, -0.25) is 0 Å². The Bertz CT molecular complexity index is 2880. The third-order valence-corrected chi connectivity index (χ3v) is 12.5. The molecule has 55 heavy (non-hydrogen) atoms. The van der Waals surface area contributed by atoms with E-state index in [9.17, 15) is 0 Å². The van der Waals surface area contributed by atoms with Gasteiger partial charge in [-0.05, 0) is 104 Å². The summed E-state index contributed by atoms with van der Waals surface area (Å²) in [6.45, 7) is 4.65. The molecule has 0 unspecified atom stereocenters. The van der Waals surface area contributed by atoms with E-state index in [2.05, 4.69) is 189 Å². The van der Waals surface area contributed by atoms with Crippen molar-refractivity contribution in [1.82, 2.24) is 0 Å². The Morgan fingerprint density at radius 2 is 0.927 bits per heavy atom. The minimum absolute atomic E-state index is 0.0804. The van der Waals surface area contributed by atoms with Crippen molar-refractivity contribution in [3.8, 4) is 56.4 Å². The minimum Gasteiger partial charge on any atom is -0.449 e. The van der Waals surface area contributed by atoms with Gasteiger partial charge in [-0.15, -0.1) is 0 Å². The van der Waals surface area contributed by atoms with Gasteiger partial charge in [-0.2, -0.15) is 0 Å². The molecule has 0 amide bonds. The molecule has 3 nitrogen and oxygen atoms in total. The number of rotatable bonds is 3. The third-order valence-electron chi connectivity index (χ3n) is 12.5. The number of benzene rings is 8. The lowest BCUT2D eigenvalue weighted by Gasteiger charge is -2.32. The topological polar surface area (TPSA) is 21.7 Å². The zero-order valence-electron chi connectivity index (χ0n) is 30.5. The number of para-hydroxylation sites is 2. The van der Waals surface area contributed by atoms with Crippen LogP contribution in [0.1, 0.15) is 47.2 Å². The summed E-state index contributed by atoms with van der Waals surface area (Å²) in [6, 6.07) is 63.5. The number of hydrogen-bond donors (Lipinski definition) is 0. The predicted octanol–water partition coefficient (Wildman–Crippen LogP) is 13.7. The predicted molar refractivity (Wildman–Crippen MR) is 222 cm³/mol. The summed E-state index contributed by atoms with van der Waals surface area (Å²) < 4.78 is 14.2. The van der Waals surface area contributed by atoms with Crippen LogP contribution in [0.5, 0.6) is 23.0 Å². The molecule has 0 saturated carbocycles. The fraction of sp³-hybridized carbons (Fsp3) is 0.0769. The Kier molecular flexibility index (Phi) is 6.05. The fourth-order valence-electron chi connectivity index (χ4n) is 10.2. The van der Waals surface area contributed by atoms with Crippen LogP contribution >= 0.6 is 0 Å². The van der Waals surface area contributed by atoms with Crippen LogP contribution in [0.25, 0.3) is 33.4 Å². The summed E-state index contributed by atoms with van der Waals surface area (Å²) in [5, 5.41) is 0. The summed E-state index contributed by atoms with van der Waals surface area (Å²) in [6.07, 6.45) is 0. The van der Waals surface area contributed by atoms with E-state index in [0.717, 1.165) is 34.1 Å². The molecule has 0 atom stereocenters. The highest BCUT2D eigenvalue weighted by Crippen LogP contribution is 2.67. The Balaban J connectivity index is 1.07. The molecule has 3 aliphatic carbocycles. The van der Waals surface area contributed by atoms with Gasteiger partial charge in [0.2, 0.25) is 0 Å². The lowest BCUT2D eigenvalue weighted by atomic mass is 9.70. The first-order chi connectivity index (χ1) is 27.0. The first-order valence-corrected chi connectivity index (χ1v) is 19.1. The maximum Gasteiger partial charge on any atom is 0.194 e. The number of ether oxygens (including phenoxy) is 2. The van der Waals surface area contributed by atoms with E-state index in [-0.39, 0.29) is 5.41 Å². The summed E-state index contributed by atoms with van der Waals surface area (Å²) >= 11 is 0. The number of fused-ring (bicyclic) bond motifs is 16. The summed E-state index contributed by atoms with van der Waals surface area (Å²) in [5.41, 5.74) is 17.6. The summed E-state index contributed by atoms with van der Waals surface area (Å²) in [5.74, 6) is 2.86. The second-order valence-corrected chi connectivity index (χ2v) is 15.6. The van der Waals surface area contributed by atoms with Crippen LogP contribution in [-0.4, -0.2) is 0 Å². The van der Waals surface area contributed by atoms with Crippen molar-refractivity contribution >= 4 is 17.1 Å². The zero-order chi connectivity index (χ0) is 36.5. The zero-order valence-corrected chi connectivity index (χ0v) is 30.5. The van der Waals surface area contributed by atoms with Crippen molar-refractivity contribution in [1.29, 1.82) is 0 Å². The SMILES string of the molecule is CC1(C)c2ccccc2-c2cc(N(c3ccccc3)c3cccc4c3Oc3c(ccc5c3-c3ccccc3C53c5ccccc5-c5ccccc53)O4)ccc21. The molecule has 0 saturated heterocycles. The van der Waals surface area contributed by atoms with Gasteiger partial charge in [0.15, 0.2) is 23.0 Å². The average Bonchev–Trinajstić information content (AvgIpc) is 3.79. The van der Waals surface area contributed by atoms with Gasteiger partial charge in [0.05, 0.1) is 11.1 Å². The van der Waals surface area contributed by atoms with Gasteiger partial charge in [0.1, 0.15) is 0 Å². The standard InChI is InChI=1S/C52H35NO2/c1-51(2)39-21-10-6-19-36(39)38-31-33(27-28-40(38)51)53(32-15-4-3-5-16-32)45-25-14-26-46-49(45)55-50-47(54-46)30-29-44-48(50)37-20-9-13-24-43(37)52(44)41-22-11-7-17-34(41)35-18-8-12-23-42(35)52/h3-31H,1-2H3. The van der Waals surface area contributed by atoms with E-state index < -0.39 is 5.41 Å². The van der Waals surface area contributed by atoms with Crippen LogP contribution in [0, 0.1) is 0 Å². The fourth-order valence-corrected chi connectivity index (χ4v) is 10.2. The first kappa shape index (κ1) is 30.6. The second-order valence-electron chi connectivity index (χ2n) is 15.6. The van der Waals surface area contributed by atoms with Crippen LogP contribution in [0.15, 0.2) is 176 Å². The van der Waals surface area contributed by atoms with Crippen molar-refractivity contribution in [2.75, 3.05) is 4.90 Å². The van der Waals surface area contributed by atoms with Gasteiger partial charge in [0.25, 0.3) is 0 Å². The summed E-state index contributed by atoms with van der Waals surface area (Å²) in [4.78, 5) is 2.31. The Labute approximate surface area is 320 Å². The van der Waals surface area contributed by atoms with Crippen LogP contribution in [0.3, 0.4) is 0 Å². The molecule has 12 rings (SSSR count).